The predicted octanol–water partition coefficient (Wildman–Crippen LogP) is 7.81. The Balaban J connectivity index is 1.42. The Kier molecular flexibility index (Phi) is 8.37. The van der Waals surface area contributed by atoms with Crippen LogP contribution in [0.4, 0.5) is 18.9 Å². The molecule has 0 aliphatic carbocycles. The lowest BCUT2D eigenvalue weighted by molar-refractivity contribution is -0.141. The molecule has 5 aromatic rings. The third-order valence-electron chi connectivity index (χ3n) is 6.72. The number of halogens is 4. The zero-order valence-electron chi connectivity index (χ0n) is 24.9. The summed E-state index contributed by atoms with van der Waals surface area (Å²) in [6, 6.07) is 17.1. The molecule has 234 valence electrons. The molecule has 5 rings (SSSR count). The molecule has 0 saturated carbocycles. The van der Waals surface area contributed by atoms with Crippen molar-refractivity contribution in [3.63, 3.8) is 0 Å². The number of aromatic nitrogens is 3. The maximum absolute atomic E-state index is 13.9. The van der Waals surface area contributed by atoms with E-state index in [1.54, 1.807) is 52.9 Å². The van der Waals surface area contributed by atoms with Crippen molar-refractivity contribution in [1.29, 1.82) is 0 Å². The quantitative estimate of drug-likeness (QED) is 0.167. The number of hydrogen-bond donors (Lipinski definition) is 0. The highest BCUT2D eigenvalue weighted by Gasteiger charge is 2.39. The van der Waals surface area contributed by atoms with E-state index in [2.05, 4.69) is 10.3 Å². The van der Waals surface area contributed by atoms with Gasteiger partial charge in [0.15, 0.2) is 11.3 Å². The number of aryl methyl sites for hydroxylation is 1. The van der Waals surface area contributed by atoms with Gasteiger partial charge in [-0.15, -0.1) is 0 Å². The lowest BCUT2D eigenvalue weighted by Gasteiger charge is -2.19. The van der Waals surface area contributed by atoms with E-state index in [-0.39, 0.29) is 28.3 Å². The number of esters is 1. The smallest absolute Gasteiger partial charge is 0.436 e. The zero-order chi connectivity index (χ0) is 32.7. The predicted molar refractivity (Wildman–Crippen MR) is 161 cm³/mol. The number of nitrogens with zero attached hydrogens (tertiary/aromatic N) is 4. The number of rotatable bonds is 7. The van der Waals surface area contributed by atoms with E-state index in [1.807, 2.05) is 0 Å². The van der Waals surface area contributed by atoms with Crippen molar-refractivity contribution in [3.8, 4) is 11.4 Å². The van der Waals surface area contributed by atoms with Gasteiger partial charge in [0.05, 0.1) is 22.0 Å². The molecule has 0 aliphatic rings. The number of ether oxygens (including phenoxy) is 2. The lowest BCUT2D eigenvalue weighted by Crippen LogP contribution is -2.26. The maximum Gasteiger partial charge on any atom is 0.436 e. The molecule has 0 fully saturated rings. The number of amides is 1. The van der Waals surface area contributed by atoms with Crippen molar-refractivity contribution in [3.05, 3.63) is 100.0 Å². The van der Waals surface area contributed by atoms with E-state index in [0.717, 1.165) is 10.1 Å². The van der Waals surface area contributed by atoms with E-state index in [1.165, 1.54) is 53.4 Å². The number of carbonyl (C=O) groups is 2. The van der Waals surface area contributed by atoms with Crippen LogP contribution in [0.1, 0.15) is 58.6 Å². The third kappa shape index (κ3) is 6.80. The Morgan fingerprint density at radius 3 is 2.38 bits per heavy atom. The van der Waals surface area contributed by atoms with E-state index in [9.17, 15) is 22.8 Å². The summed E-state index contributed by atoms with van der Waals surface area (Å²) in [4.78, 5) is 27.1. The van der Waals surface area contributed by atoms with Gasteiger partial charge in [-0.3, -0.25) is 4.79 Å². The fourth-order valence-electron chi connectivity index (χ4n) is 4.47. The van der Waals surface area contributed by atoms with Crippen LogP contribution < -0.4 is 9.64 Å². The topological polar surface area (TPSA) is 99.7 Å². The van der Waals surface area contributed by atoms with Crippen molar-refractivity contribution in [2.45, 2.75) is 46.1 Å². The first-order chi connectivity index (χ1) is 21.1. The molecule has 3 aromatic carbocycles. The normalized spacial score (nSPS) is 11.9. The Bertz CT molecular complexity index is 1890. The highest BCUT2D eigenvalue weighted by molar-refractivity contribution is 6.32. The second kappa shape index (κ2) is 11.9. The van der Waals surface area contributed by atoms with Gasteiger partial charge in [-0.2, -0.15) is 18.3 Å². The summed E-state index contributed by atoms with van der Waals surface area (Å²) in [6.45, 7) is 6.64. The molecule has 1 amide bonds. The summed E-state index contributed by atoms with van der Waals surface area (Å²) in [5.41, 5.74) is 0.307. The Labute approximate surface area is 261 Å². The molecular weight excluding hydrogens is 613 g/mol. The molecule has 0 radical (unpaired) electrons. The highest BCUT2D eigenvalue weighted by atomic mass is 35.5. The lowest BCUT2D eigenvalue weighted by atomic mass is 10.1. The number of carbonyl (C=O) groups excluding carboxylic acids is 2. The SMILES string of the molecule is Cc1noc2cc(N(C)C(=O)c3cccc(-n4nc(C(F)(F)F)c(Cl)c4COc4ccc(C(=O)OC(C)(C)C)cc4)c3)ccc12. The summed E-state index contributed by atoms with van der Waals surface area (Å²) in [7, 11) is 1.57. The molecule has 2 aromatic heterocycles. The van der Waals surface area contributed by atoms with Crippen LogP contribution in [0, 0.1) is 6.92 Å². The van der Waals surface area contributed by atoms with Crippen LogP contribution in [0.15, 0.2) is 71.3 Å². The van der Waals surface area contributed by atoms with Gasteiger partial charge >= 0.3 is 12.1 Å². The molecule has 0 atom stereocenters. The Morgan fingerprint density at radius 1 is 1.00 bits per heavy atom. The molecule has 45 heavy (non-hydrogen) atoms. The number of benzene rings is 3. The molecule has 13 heteroatoms. The largest absolute Gasteiger partial charge is 0.487 e. The monoisotopic (exact) mass is 640 g/mol. The highest BCUT2D eigenvalue weighted by Crippen LogP contribution is 2.37. The molecule has 0 bridgehead atoms. The van der Waals surface area contributed by atoms with Crippen molar-refractivity contribution in [2.24, 2.45) is 0 Å². The van der Waals surface area contributed by atoms with Crippen LogP contribution >= 0.6 is 11.6 Å². The van der Waals surface area contributed by atoms with Gasteiger partial charge in [-0.25, -0.2) is 9.48 Å². The molecule has 0 spiro atoms. The first-order valence-corrected chi connectivity index (χ1v) is 14.1. The van der Waals surface area contributed by atoms with Gasteiger partial charge < -0.3 is 18.9 Å². The van der Waals surface area contributed by atoms with Gasteiger partial charge in [-0.05, 0) is 82.3 Å². The van der Waals surface area contributed by atoms with Gasteiger partial charge in [0.2, 0.25) is 0 Å². The molecule has 0 unspecified atom stereocenters. The molecule has 2 heterocycles. The number of anilines is 1. The molecule has 0 N–H and O–H groups in total. The second-order valence-electron chi connectivity index (χ2n) is 11.2. The number of hydrogen-bond acceptors (Lipinski definition) is 7. The minimum Gasteiger partial charge on any atom is -0.487 e. The summed E-state index contributed by atoms with van der Waals surface area (Å²) in [6.07, 6.45) is -4.85. The first-order valence-electron chi connectivity index (χ1n) is 13.7. The Hall–Kier alpha value is -4.84. The summed E-state index contributed by atoms with van der Waals surface area (Å²) < 4.78 is 59.0. The maximum atomic E-state index is 13.9. The Morgan fingerprint density at radius 2 is 1.71 bits per heavy atom. The number of fused-ring (bicyclic) bond motifs is 1. The average Bonchev–Trinajstić information content (AvgIpc) is 3.53. The van der Waals surface area contributed by atoms with Crippen LogP contribution in [0.5, 0.6) is 5.75 Å². The molecule has 0 saturated heterocycles. The summed E-state index contributed by atoms with van der Waals surface area (Å²) in [5, 5.41) is 7.85. The minimum atomic E-state index is -4.85. The number of alkyl halides is 3. The average molecular weight is 641 g/mol. The van der Waals surface area contributed by atoms with E-state index >= 15 is 0 Å². The zero-order valence-corrected chi connectivity index (χ0v) is 25.7. The van der Waals surface area contributed by atoms with Crippen LogP contribution in [-0.4, -0.2) is 39.5 Å². The van der Waals surface area contributed by atoms with Gasteiger partial charge in [0.25, 0.3) is 5.91 Å². The first kappa shape index (κ1) is 31.6. The molecule has 9 nitrogen and oxygen atoms in total. The van der Waals surface area contributed by atoms with E-state index in [0.29, 0.717) is 17.0 Å². The van der Waals surface area contributed by atoms with E-state index < -0.39 is 41.0 Å². The third-order valence-corrected chi connectivity index (χ3v) is 7.11. The fraction of sp³-hybridized carbons (Fsp3) is 0.250. The van der Waals surface area contributed by atoms with Gasteiger partial charge in [-0.1, -0.05) is 22.8 Å². The van der Waals surface area contributed by atoms with Crippen molar-refractivity contribution >= 4 is 40.1 Å². The van der Waals surface area contributed by atoms with Crippen molar-refractivity contribution in [1.82, 2.24) is 14.9 Å². The van der Waals surface area contributed by atoms with Crippen LogP contribution in [0.2, 0.25) is 5.02 Å². The van der Waals surface area contributed by atoms with E-state index in [4.69, 9.17) is 25.6 Å². The van der Waals surface area contributed by atoms with Crippen LogP contribution in [0.25, 0.3) is 16.7 Å². The van der Waals surface area contributed by atoms with Crippen LogP contribution in [-0.2, 0) is 17.5 Å². The standard InChI is InChI=1S/C32H28ClF3N4O5/c1-18-24-14-11-21(16-26(24)45-38-18)39(5)29(41)20-7-6-8-22(15-20)40-25(27(33)28(37-40)32(34,35)36)17-43-23-12-9-19(10-13-23)30(42)44-31(2,3)4/h6-16H,17H2,1-5H3. The van der Waals surface area contributed by atoms with Gasteiger partial charge in [0.1, 0.15) is 23.7 Å². The molecule has 0 aliphatic heterocycles. The summed E-state index contributed by atoms with van der Waals surface area (Å²) in [5.74, 6) is -0.688. The van der Waals surface area contributed by atoms with Crippen LogP contribution in [0.3, 0.4) is 0 Å². The fourth-order valence-corrected chi connectivity index (χ4v) is 4.75. The van der Waals surface area contributed by atoms with Crippen molar-refractivity contribution < 1.29 is 36.8 Å². The second-order valence-corrected chi connectivity index (χ2v) is 11.6. The van der Waals surface area contributed by atoms with Crippen molar-refractivity contribution in [2.75, 3.05) is 11.9 Å². The van der Waals surface area contributed by atoms with Gasteiger partial charge in [0, 0.05) is 29.8 Å². The summed E-state index contributed by atoms with van der Waals surface area (Å²) >= 11 is 6.21. The minimum absolute atomic E-state index is 0.0932. The molecular formula is C32H28ClF3N4O5.